The van der Waals surface area contributed by atoms with Crippen molar-refractivity contribution in [1.82, 2.24) is 4.90 Å². The van der Waals surface area contributed by atoms with Crippen LogP contribution in [-0.4, -0.2) is 36.3 Å². The summed E-state index contributed by atoms with van der Waals surface area (Å²) >= 11 is 3.77. The van der Waals surface area contributed by atoms with Crippen molar-refractivity contribution in [3.8, 4) is 5.75 Å². The van der Waals surface area contributed by atoms with E-state index in [1.54, 1.807) is 0 Å². The van der Waals surface area contributed by atoms with Crippen LogP contribution in [0.5, 0.6) is 5.75 Å². The molecule has 5 heteroatoms. The van der Waals surface area contributed by atoms with Crippen LogP contribution in [-0.2, 0) is 0 Å². The van der Waals surface area contributed by atoms with Gasteiger partial charge in [-0.15, -0.1) is 11.3 Å². The van der Waals surface area contributed by atoms with E-state index in [1.807, 2.05) is 59.2 Å². The Bertz CT molecular complexity index is 642. The van der Waals surface area contributed by atoms with Gasteiger partial charge >= 0.3 is 0 Å². The third kappa shape index (κ3) is 3.90. The van der Waals surface area contributed by atoms with Crippen LogP contribution in [0.1, 0.15) is 33.8 Å². The molecule has 1 aromatic carbocycles. The number of para-hydroxylation sites is 1. The number of carbonyl (C=O) groups excluding carboxylic acids is 1. The molecule has 0 aliphatic carbocycles. The van der Waals surface area contributed by atoms with Gasteiger partial charge in [0.05, 0.1) is 12.2 Å². The number of hydrogen-bond acceptors (Lipinski definition) is 4. The fraction of sp³-hybridized carbons (Fsp3) is 0.389. The molecule has 1 aliphatic heterocycles. The number of rotatable bonds is 4. The van der Waals surface area contributed by atoms with Crippen LogP contribution in [0.15, 0.2) is 41.8 Å². The Balaban J connectivity index is 1.71. The highest BCUT2D eigenvalue weighted by molar-refractivity contribution is 7.99. The lowest BCUT2D eigenvalue weighted by Crippen LogP contribution is -2.33. The van der Waals surface area contributed by atoms with Crippen LogP contribution in [0.4, 0.5) is 0 Å². The van der Waals surface area contributed by atoms with E-state index < -0.39 is 0 Å². The van der Waals surface area contributed by atoms with Gasteiger partial charge < -0.3 is 9.64 Å². The minimum absolute atomic E-state index is 0.0847. The lowest BCUT2D eigenvalue weighted by Gasteiger charge is -2.21. The third-order valence-electron chi connectivity index (χ3n) is 3.91. The topological polar surface area (TPSA) is 29.5 Å². The molecule has 3 rings (SSSR count). The minimum Gasteiger partial charge on any atom is -0.493 e. The molecule has 1 saturated heterocycles. The Morgan fingerprint density at radius 1 is 1.26 bits per heavy atom. The summed E-state index contributed by atoms with van der Waals surface area (Å²) in [6, 6.07) is 11.8. The van der Waals surface area contributed by atoms with E-state index >= 15 is 0 Å². The summed E-state index contributed by atoms with van der Waals surface area (Å²) in [5, 5.41) is 2.64. The number of amides is 1. The summed E-state index contributed by atoms with van der Waals surface area (Å²) in [4.78, 5) is 16.3. The fourth-order valence-electron chi connectivity index (χ4n) is 2.77. The molecule has 122 valence electrons. The van der Waals surface area contributed by atoms with Gasteiger partial charge in [0.15, 0.2) is 0 Å². The highest BCUT2D eigenvalue weighted by atomic mass is 32.2. The predicted molar refractivity (Wildman–Crippen MR) is 97.6 cm³/mol. The summed E-state index contributed by atoms with van der Waals surface area (Å²) < 4.78 is 5.61. The largest absolute Gasteiger partial charge is 0.493 e. The van der Waals surface area contributed by atoms with E-state index in [-0.39, 0.29) is 5.91 Å². The maximum absolute atomic E-state index is 12.9. The zero-order valence-corrected chi connectivity index (χ0v) is 14.9. The zero-order valence-electron chi connectivity index (χ0n) is 13.2. The standard InChI is InChI=1S/C18H21NO2S2/c1-2-21-15-7-4-3-6-14(15)18(20)19-10-9-17(23-13-11-19)16-8-5-12-22-16/h3-8,12,17H,2,9-11,13H2,1H3. The van der Waals surface area contributed by atoms with Crippen molar-refractivity contribution >= 4 is 29.0 Å². The molecule has 1 aromatic heterocycles. The van der Waals surface area contributed by atoms with Crippen LogP contribution in [0.25, 0.3) is 0 Å². The summed E-state index contributed by atoms with van der Waals surface area (Å²) in [6.07, 6.45) is 1.01. The monoisotopic (exact) mass is 347 g/mol. The number of thiophene rings is 1. The number of ether oxygens (including phenoxy) is 1. The molecule has 0 spiro atoms. The van der Waals surface area contributed by atoms with Crippen molar-refractivity contribution in [1.29, 1.82) is 0 Å². The van der Waals surface area contributed by atoms with Crippen molar-refractivity contribution < 1.29 is 9.53 Å². The molecule has 1 unspecified atom stereocenters. The Kier molecular flexibility index (Phi) is 5.62. The molecular weight excluding hydrogens is 326 g/mol. The van der Waals surface area contributed by atoms with E-state index in [4.69, 9.17) is 4.74 Å². The van der Waals surface area contributed by atoms with Gasteiger partial charge in [0.1, 0.15) is 5.75 Å². The van der Waals surface area contributed by atoms with Crippen molar-refractivity contribution in [3.05, 3.63) is 52.2 Å². The van der Waals surface area contributed by atoms with Crippen molar-refractivity contribution in [2.75, 3.05) is 25.4 Å². The van der Waals surface area contributed by atoms with Crippen LogP contribution in [0.2, 0.25) is 0 Å². The number of hydrogen-bond donors (Lipinski definition) is 0. The molecule has 2 aromatic rings. The molecule has 1 fully saturated rings. The summed E-state index contributed by atoms with van der Waals surface area (Å²) in [5.74, 6) is 1.75. The summed E-state index contributed by atoms with van der Waals surface area (Å²) in [6.45, 7) is 4.11. The van der Waals surface area contributed by atoms with Crippen LogP contribution >= 0.6 is 23.1 Å². The van der Waals surface area contributed by atoms with Crippen LogP contribution in [0.3, 0.4) is 0 Å². The Labute approximate surface area is 145 Å². The van der Waals surface area contributed by atoms with Crippen molar-refractivity contribution in [2.45, 2.75) is 18.6 Å². The molecule has 0 radical (unpaired) electrons. The first kappa shape index (κ1) is 16.4. The molecule has 0 saturated carbocycles. The number of carbonyl (C=O) groups is 1. The highest BCUT2D eigenvalue weighted by Gasteiger charge is 2.24. The van der Waals surface area contributed by atoms with E-state index in [0.29, 0.717) is 23.2 Å². The first-order valence-electron chi connectivity index (χ1n) is 7.95. The second kappa shape index (κ2) is 7.88. The lowest BCUT2D eigenvalue weighted by atomic mass is 10.1. The quantitative estimate of drug-likeness (QED) is 0.817. The molecule has 1 atom stereocenters. The van der Waals surface area contributed by atoms with Gasteiger partial charge in [0, 0.05) is 29.0 Å². The SMILES string of the molecule is CCOc1ccccc1C(=O)N1CCSC(c2cccs2)CC1. The maximum atomic E-state index is 12.9. The van der Waals surface area contributed by atoms with E-state index in [0.717, 1.165) is 25.3 Å². The van der Waals surface area contributed by atoms with Crippen LogP contribution in [0, 0.1) is 0 Å². The Hall–Kier alpha value is -1.46. The number of benzene rings is 1. The first-order valence-corrected chi connectivity index (χ1v) is 9.88. The molecule has 1 aliphatic rings. The molecular formula is C18H21NO2S2. The van der Waals surface area contributed by atoms with Gasteiger partial charge in [0.2, 0.25) is 0 Å². The summed E-state index contributed by atoms with van der Waals surface area (Å²) in [5.41, 5.74) is 0.675. The van der Waals surface area contributed by atoms with Gasteiger partial charge in [-0.25, -0.2) is 0 Å². The molecule has 0 bridgehead atoms. The molecule has 3 nitrogen and oxygen atoms in total. The summed E-state index contributed by atoms with van der Waals surface area (Å²) in [7, 11) is 0. The molecule has 1 amide bonds. The van der Waals surface area contributed by atoms with Gasteiger partial charge in [0.25, 0.3) is 5.91 Å². The smallest absolute Gasteiger partial charge is 0.257 e. The third-order valence-corrected chi connectivity index (χ3v) is 6.35. The van der Waals surface area contributed by atoms with Crippen LogP contribution < -0.4 is 4.74 Å². The average molecular weight is 348 g/mol. The van der Waals surface area contributed by atoms with Gasteiger partial charge in [-0.2, -0.15) is 11.8 Å². The molecule has 2 heterocycles. The zero-order chi connectivity index (χ0) is 16.1. The minimum atomic E-state index is 0.0847. The molecule has 23 heavy (non-hydrogen) atoms. The van der Waals surface area contributed by atoms with Gasteiger partial charge in [-0.3, -0.25) is 4.79 Å². The number of nitrogens with zero attached hydrogens (tertiary/aromatic N) is 1. The second-order valence-electron chi connectivity index (χ2n) is 5.38. The fourth-order valence-corrected chi connectivity index (χ4v) is 5.01. The van der Waals surface area contributed by atoms with Crippen molar-refractivity contribution in [3.63, 3.8) is 0 Å². The van der Waals surface area contributed by atoms with E-state index in [9.17, 15) is 4.79 Å². The molecule has 0 N–H and O–H groups in total. The average Bonchev–Trinajstić information content (AvgIpc) is 3.00. The Morgan fingerprint density at radius 3 is 2.91 bits per heavy atom. The first-order chi connectivity index (χ1) is 11.3. The van der Waals surface area contributed by atoms with E-state index in [2.05, 4.69) is 17.5 Å². The van der Waals surface area contributed by atoms with Crippen molar-refractivity contribution in [2.24, 2.45) is 0 Å². The maximum Gasteiger partial charge on any atom is 0.257 e. The van der Waals surface area contributed by atoms with Gasteiger partial charge in [-0.1, -0.05) is 18.2 Å². The Morgan fingerprint density at radius 2 is 2.13 bits per heavy atom. The van der Waals surface area contributed by atoms with E-state index in [1.165, 1.54) is 4.88 Å². The second-order valence-corrected chi connectivity index (χ2v) is 7.67. The number of thioether (sulfide) groups is 1. The predicted octanol–water partition coefficient (Wildman–Crippen LogP) is 4.47. The normalized spacial score (nSPS) is 18.5. The highest BCUT2D eigenvalue weighted by Crippen LogP contribution is 2.37. The lowest BCUT2D eigenvalue weighted by molar-refractivity contribution is 0.0762. The van der Waals surface area contributed by atoms with Gasteiger partial charge in [-0.05, 0) is 36.9 Å².